The highest BCUT2D eigenvalue weighted by Crippen LogP contribution is 2.05. The minimum absolute atomic E-state index is 0.120. The standard InChI is InChI=1S/C7H13NO/c1-6(5-9)8-7(2,3)4/h5H,1-4H3/b8-6-. The maximum absolute atomic E-state index is 10.1. The lowest BCUT2D eigenvalue weighted by Gasteiger charge is -2.11. The summed E-state index contributed by atoms with van der Waals surface area (Å²) in [5, 5.41) is 0. The van der Waals surface area contributed by atoms with Crippen molar-refractivity contribution in [2.75, 3.05) is 0 Å². The Morgan fingerprint density at radius 2 is 1.89 bits per heavy atom. The molecule has 0 radical (unpaired) electrons. The van der Waals surface area contributed by atoms with E-state index >= 15 is 0 Å². The van der Waals surface area contributed by atoms with Crippen LogP contribution in [0.25, 0.3) is 0 Å². The van der Waals surface area contributed by atoms with Crippen molar-refractivity contribution in [3.8, 4) is 0 Å². The molecule has 0 rings (SSSR count). The van der Waals surface area contributed by atoms with E-state index < -0.39 is 0 Å². The molecule has 0 aromatic carbocycles. The van der Waals surface area contributed by atoms with Gasteiger partial charge < -0.3 is 0 Å². The number of carbonyl (C=O) groups excluding carboxylic acids is 1. The first-order chi connectivity index (χ1) is 3.95. The Morgan fingerprint density at radius 3 is 2.00 bits per heavy atom. The van der Waals surface area contributed by atoms with Gasteiger partial charge in [0.1, 0.15) is 0 Å². The van der Waals surface area contributed by atoms with Gasteiger partial charge in [0.15, 0.2) is 6.29 Å². The van der Waals surface area contributed by atoms with E-state index in [9.17, 15) is 4.79 Å². The minimum atomic E-state index is -0.120. The molecule has 2 nitrogen and oxygen atoms in total. The van der Waals surface area contributed by atoms with Gasteiger partial charge in [-0.05, 0) is 27.7 Å². The molecule has 0 amide bonds. The summed E-state index contributed by atoms with van der Waals surface area (Å²) >= 11 is 0. The van der Waals surface area contributed by atoms with Crippen molar-refractivity contribution in [3.63, 3.8) is 0 Å². The van der Waals surface area contributed by atoms with Crippen LogP contribution < -0.4 is 0 Å². The molecule has 0 aromatic rings. The zero-order chi connectivity index (χ0) is 7.49. The lowest BCUT2D eigenvalue weighted by Crippen LogP contribution is -2.12. The number of carbonyl (C=O) groups is 1. The SMILES string of the molecule is C/C(C=O)=N/C(C)(C)C. The monoisotopic (exact) mass is 127 g/mol. The van der Waals surface area contributed by atoms with E-state index in [2.05, 4.69) is 4.99 Å². The summed E-state index contributed by atoms with van der Waals surface area (Å²) in [4.78, 5) is 14.1. The lowest BCUT2D eigenvalue weighted by atomic mass is 10.1. The van der Waals surface area contributed by atoms with Crippen molar-refractivity contribution < 1.29 is 4.79 Å². The maximum atomic E-state index is 10.1. The topological polar surface area (TPSA) is 29.4 Å². The van der Waals surface area contributed by atoms with E-state index in [1.165, 1.54) is 0 Å². The Hall–Kier alpha value is -0.660. The summed E-state index contributed by atoms with van der Waals surface area (Å²) in [6.07, 6.45) is 0.769. The van der Waals surface area contributed by atoms with E-state index in [-0.39, 0.29) is 5.54 Å². The summed E-state index contributed by atoms with van der Waals surface area (Å²) < 4.78 is 0. The third-order valence-electron chi connectivity index (χ3n) is 0.682. The van der Waals surface area contributed by atoms with Crippen LogP contribution in [0.4, 0.5) is 0 Å². The van der Waals surface area contributed by atoms with Crippen LogP contribution in [-0.2, 0) is 4.79 Å². The average Bonchev–Trinajstić information content (AvgIpc) is 1.62. The van der Waals surface area contributed by atoms with Crippen LogP contribution in [0.1, 0.15) is 27.7 Å². The van der Waals surface area contributed by atoms with Crippen molar-refractivity contribution in [3.05, 3.63) is 0 Å². The Kier molecular flexibility index (Phi) is 2.56. The van der Waals surface area contributed by atoms with Crippen LogP contribution in [0.15, 0.2) is 4.99 Å². The molecule has 2 heteroatoms. The zero-order valence-electron chi connectivity index (χ0n) is 6.43. The van der Waals surface area contributed by atoms with Crippen molar-refractivity contribution in [1.82, 2.24) is 0 Å². The second-order valence-corrected chi connectivity index (χ2v) is 3.04. The number of hydrogen-bond donors (Lipinski definition) is 0. The molecule has 52 valence electrons. The molecule has 0 atom stereocenters. The van der Waals surface area contributed by atoms with Gasteiger partial charge in [0.2, 0.25) is 0 Å². The fourth-order valence-electron chi connectivity index (χ4n) is 0.555. The van der Waals surface area contributed by atoms with Gasteiger partial charge in [0.25, 0.3) is 0 Å². The molecule has 0 saturated heterocycles. The third kappa shape index (κ3) is 5.21. The van der Waals surface area contributed by atoms with Gasteiger partial charge in [-0.3, -0.25) is 9.79 Å². The van der Waals surface area contributed by atoms with E-state index in [1.54, 1.807) is 6.92 Å². The summed E-state index contributed by atoms with van der Waals surface area (Å²) in [5.74, 6) is 0. The molecule has 0 heterocycles. The van der Waals surface area contributed by atoms with Crippen LogP contribution in [0.5, 0.6) is 0 Å². The van der Waals surface area contributed by atoms with Gasteiger partial charge in [-0.15, -0.1) is 0 Å². The molecule has 0 bridgehead atoms. The molecule has 0 N–H and O–H groups in total. The fourth-order valence-corrected chi connectivity index (χ4v) is 0.555. The number of nitrogens with zero attached hydrogens (tertiary/aromatic N) is 1. The van der Waals surface area contributed by atoms with Crippen LogP contribution in [0.3, 0.4) is 0 Å². The summed E-state index contributed by atoms with van der Waals surface area (Å²) in [5.41, 5.74) is 0.438. The van der Waals surface area contributed by atoms with Gasteiger partial charge in [0.05, 0.1) is 11.3 Å². The quantitative estimate of drug-likeness (QED) is 0.387. The lowest BCUT2D eigenvalue weighted by molar-refractivity contribution is -0.102. The molecule has 0 saturated carbocycles. The number of hydrogen-bond acceptors (Lipinski definition) is 2. The summed E-state index contributed by atoms with van der Waals surface area (Å²) in [6, 6.07) is 0. The fraction of sp³-hybridized carbons (Fsp3) is 0.714. The molecule has 0 aromatic heterocycles. The number of aliphatic imine (C=N–C) groups is 1. The largest absolute Gasteiger partial charge is 0.297 e. The molecule has 0 fully saturated rings. The molecular weight excluding hydrogens is 114 g/mol. The molecule has 0 unspecified atom stereocenters. The highest BCUT2D eigenvalue weighted by atomic mass is 16.1. The van der Waals surface area contributed by atoms with Gasteiger partial charge in [-0.25, -0.2) is 0 Å². The highest BCUT2D eigenvalue weighted by Gasteiger charge is 2.05. The summed E-state index contributed by atoms with van der Waals surface area (Å²) in [7, 11) is 0. The zero-order valence-corrected chi connectivity index (χ0v) is 6.43. The van der Waals surface area contributed by atoms with Crippen molar-refractivity contribution in [2.24, 2.45) is 4.99 Å². The normalized spacial score (nSPS) is 13.6. The van der Waals surface area contributed by atoms with Crippen LogP contribution in [0, 0.1) is 0 Å². The second kappa shape index (κ2) is 2.76. The van der Waals surface area contributed by atoms with Gasteiger partial charge >= 0.3 is 0 Å². The predicted molar refractivity (Wildman–Crippen MR) is 38.9 cm³/mol. The van der Waals surface area contributed by atoms with Gasteiger partial charge in [-0.2, -0.15) is 0 Å². The molecule has 0 aliphatic carbocycles. The van der Waals surface area contributed by atoms with Crippen LogP contribution in [0.2, 0.25) is 0 Å². The predicted octanol–water partition coefficient (Wildman–Crippen LogP) is 1.44. The minimum Gasteiger partial charge on any atom is -0.297 e. The Morgan fingerprint density at radius 1 is 1.44 bits per heavy atom. The smallest absolute Gasteiger partial charge is 0.163 e. The summed E-state index contributed by atoms with van der Waals surface area (Å²) in [6.45, 7) is 7.58. The molecular formula is C7H13NO. The van der Waals surface area contributed by atoms with E-state index in [1.807, 2.05) is 20.8 Å². The van der Waals surface area contributed by atoms with Crippen molar-refractivity contribution >= 4 is 12.0 Å². The van der Waals surface area contributed by atoms with E-state index in [0.717, 1.165) is 6.29 Å². The van der Waals surface area contributed by atoms with Crippen LogP contribution >= 0.6 is 0 Å². The highest BCUT2D eigenvalue weighted by molar-refractivity contribution is 6.27. The van der Waals surface area contributed by atoms with Crippen molar-refractivity contribution in [2.45, 2.75) is 33.2 Å². The van der Waals surface area contributed by atoms with E-state index in [0.29, 0.717) is 5.71 Å². The molecule has 0 aliphatic heterocycles. The van der Waals surface area contributed by atoms with Crippen molar-refractivity contribution in [1.29, 1.82) is 0 Å². The van der Waals surface area contributed by atoms with Gasteiger partial charge in [0, 0.05) is 0 Å². The third-order valence-corrected chi connectivity index (χ3v) is 0.682. The Balaban J connectivity index is 4.11. The van der Waals surface area contributed by atoms with Gasteiger partial charge in [-0.1, -0.05) is 0 Å². The maximum Gasteiger partial charge on any atom is 0.163 e. The average molecular weight is 127 g/mol. The Labute approximate surface area is 56.0 Å². The molecule has 0 aliphatic rings. The molecule has 9 heavy (non-hydrogen) atoms. The Bertz CT molecular complexity index is 130. The van der Waals surface area contributed by atoms with Crippen LogP contribution in [-0.4, -0.2) is 17.5 Å². The first-order valence-corrected chi connectivity index (χ1v) is 2.97. The number of aldehydes is 1. The molecule has 0 spiro atoms. The number of rotatable bonds is 1. The van der Waals surface area contributed by atoms with E-state index in [4.69, 9.17) is 0 Å². The second-order valence-electron chi connectivity index (χ2n) is 3.04. The first-order valence-electron chi connectivity index (χ1n) is 2.97. The first kappa shape index (κ1) is 8.34.